The van der Waals surface area contributed by atoms with E-state index in [0.29, 0.717) is 11.7 Å². The van der Waals surface area contributed by atoms with Crippen LogP contribution < -0.4 is 10.1 Å². The Kier molecular flexibility index (Phi) is 3.97. The predicted molar refractivity (Wildman–Crippen MR) is 73.4 cm³/mol. The zero-order valence-corrected chi connectivity index (χ0v) is 11.6. The summed E-state index contributed by atoms with van der Waals surface area (Å²) in [5.41, 5.74) is -1.42. The smallest absolute Gasteiger partial charge is 0.332 e. The van der Waals surface area contributed by atoms with Crippen molar-refractivity contribution < 1.29 is 19.4 Å². The van der Waals surface area contributed by atoms with Crippen LogP contribution in [0.5, 0.6) is 5.75 Å². The van der Waals surface area contributed by atoms with Crippen molar-refractivity contribution in [2.75, 3.05) is 6.61 Å². The molecule has 0 spiro atoms. The van der Waals surface area contributed by atoms with Gasteiger partial charge in [-0.2, -0.15) is 0 Å². The van der Waals surface area contributed by atoms with Crippen LogP contribution in [0.1, 0.15) is 20.3 Å². The Labute approximate surface area is 117 Å². The van der Waals surface area contributed by atoms with Gasteiger partial charge in [0, 0.05) is 5.92 Å². The highest BCUT2D eigenvalue weighted by Crippen LogP contribution is 2.38. The molecule has 1 fully saturated rings. The topological polar surface area (TPSA) is 75.6 Å². The van der Waals surface area contributed by atoms with Crippen LogP contribution in [0.3, 0.4) is 0 Å². The fraction of sp³-hybridized carbons (Fsp3) is 0.467. The molecule has 0 radical (unpaired) electrons. The van der Waals surface area contributed by atoms with E-state index in [4.69, 9.17) is 4.74 Å². The van der Waals surface area contributed by atoms with Crippen LogP contribution in [0.15, 0.2) is 30.3 Å². The second kappa shape index (κ2) is 5.53. The third kappa shape index (κ3) is 3.29. The molecule has 1 aromatic rings. The lowest BCUT2D eigenvalue weighted by Crippen LogP contribution is -2.56. The Morgan fingerprint density at radius 1 is 1.40 bits per heavy atom. The lowest BCUT2D eigenvalue weighted by molar-refractivity contribution is -0.148. The molecule has 0 saturated heterocycles. The van der Waals surface area contributed by atoms with E-state index in [1.807, 2.05) is 13.0 Å². The van der Waals surface area contributed by atoms with E-state index in [2.05, 4.69) is 5.32 Å². The van der Waals surface area contributed by atoms with Crippen LogP contribution in [0, 0.1) is 11.8 Å². The third-order valence-corrected chi connectivity index (χ3v) is 3.59. The molecule has 0 bridgehead atoms. The van der Waals surface area contributed by atoms with Gasteiger partial charge in [0.2, 0.25) is 5.91 Å². The summed E-state index contributed by atoms with van der Waals surface area (Å²) in [4.78, 5) is 23.3. The van der Waals surface area contributed by atoms with Crippen LogP contribution in [0.2, 0.25) is 0 Å². The van der Waals surface area contributed by atoms with Crippen LogP contribution in [-0.4, -0.2) is 29.1 Å². The summed E-state index contributed by atoms with van der Waals surface area (Å²) in [5.74, 6) is -0.461. The Balaban J connectivity index is 1.98. The quantitative estimate of drug-likeness (QED) is 0.829. The van der Waals surface area contributed by atoms with Crippen molar-refractivity contribution in [3.8, 4) is 5.75 Å². The highest BCUT2D eigenvalue weighted by atomic mass is 16.5. The lowest BCUT2D eigenvalue weighted by Gasteiger charge is -2.26. The molecule has 5 nitrogen and oxygen atoms in total. The van der Waals surface area contributed by atoms with E-state index < -0.39 is 11.5 Å². The van der Waals surface area contributed by atoms with Crippen LogP contribution in [-0.2, 0) is 9.59 Å². The Morgan fingerprint density at radius 3 is 2.50 bits per heavy atom. The molecule has 1 aliphatic carbocycles. The van der Waals surface area contributed by atoms with Crippen LogP contribution >= 0.6 is 0 Å². The summed E-state index contributed by atoms with van der Waals surface area (Å²) in [6, 6.07) is 8.94. The molecule has 2 N–H and O–H groups in total. The Hall–Kier alpha value is -2.04. The number of para-hydroxylation sites is 1. The average Bonchev–Trinajstić information content (AvgIpc) is 3.15. The van der Waals surface area contributed by atoms with E-state index >= 15 is 0 Å². The van der Waals surface area contributed by atoms with Gasteiger partial charge in [0.1, 0.15) is 12.4 Å². The number of aliphatic carboxylic acids is 1. The molecule has 1 aliphatic rings. The first-order valence-electron chi connectivity index (χ1n) is 6.65. The van der Waals surface area contributed by atoms with E-state index in [-0.39, 0.29) is 18.4 Å². The molecule has 3 atom stereocenters. The fourth-order valence-corrected chi connectivity index (χ4v) is 1.95. The van der Waals surface area contributed by atoms with Gasteiger partial charge in [0.25, 0.3) is 0 Å². The van der Waals surface area contributed by atoms with Gasteiger partial charge in [-0.3, -0.25) is 4.79 Å². The second-order valence-electron chi connectivity index (χ2n) is 5.55. The number of ether oxygens (including phenoxy) is 1. The number of carboxylic acids is 1. The highest BCUT2D eigenvalue weighted by molar-refractivity contribution is 5.89. The molecule has 0 aromatic heterocycles. The zero-order valence-electron chi connectivity index (χ0n) is 11.6. The number of carboxylic acid groups (broad SMARTS) is 1. The summed E-state index contributed by atoms with van der Waals surface area (Å²) >= 11 is 0. The van der Waals surface area contributed by atoms with Crippen molar-refractivity contribution in [2.24, 2.45) is 11.8 Å². The van der Waals surface area contributed by atoms with Gasteiger partial charge in [0.15, 0.2) is 5.54 Å². The maximum absolute atomic E-state index is 11.9. The molecule has 5 heteroatoms. The number of carbonyl (C=O) groups is 2. The van der Waals surface area contributed by atoms with E-state index in [0.717, 1.165) is 6.42 Å². The normalized spacial score (nSPS) is 23.5. The second-order valence-corrected chi connectivity index (χ2v) is 5.55. The van der Waals surface area contributed by atoms with Gasteiger partial charge in [0.05, 0.1) is 0 Å². The summed E-state index contributed by atoms with van der Waals surface area (Å²) < 4.78 is 5.46. The van der Waals surface area contributed by atoms with Crippen molar-refractivity contribution in [1.29, 1.82) is 0 Å². The summed E-state index contributed by atoms with van der Waals surface area (Å²) in [5, 5.41) is 11.9. The van der Waals surface area contributed by atoms with Gasteiger partial charge < -0.3 is 15.2 Å². The molecular weight excluding hydrogens is 258 g/mol. The van der Waals surface area contributed by atoms with E-state index in [1.54, 1.807) is 24.3 Å². The molecular formula is C15H19NO4. The zero-order chi connectivity index (χ0) is 14.8. The van der Waals surface area contributed by atoms with E-state index in [1.165, 1.54) is 6.92 Å². The van der Waals surface area contributed by atoms with Crippen LogP contribution in [0.25, 0.3) is 0 Å². The number of hydrogen-bond donors (Lipinski definition) is 2. The van der Waals surface area contributed by atoms with Gasteiger partial charge in [-0.05, 0) is 31.4 Å². The molecule has 0 heterocycles. The first-order valence-corrected chi connectivity index (χ1v) is 6.65. The average molecular weight is 277 g/mol. The summed E-state index contributed by atoms with van der Waals surface area (Å²) in [7, 11) is 0. The first kappa shape index (κ1) is 14.4. The molecule has 20 heavy (non-hydrogen) atoms. The minimum Gasteiger partial charge on any atom is -0.491 e. The van der Waals surface area contributed by atoms with Gasteiger partial charge >= 0.3 is 5.97 Å². The predicted octanol–water partition coefficient (Wildman–Crippen LogP) is 1.68. The first-order chi connectivity index (χ1) is 9.42. The number of nitrogens with one attached hydrogen (secondary N) is 1. The Morgan fingerprint density at radius 2 is 2.00 bits per heavy atom. The molecule has 3 unspecified atom stereocenters. The number of hydrogen-bond acceptors (Lipinski definition) is 3. The largest absolute Gasteiger partial charge is 0.491 e. The molecule has 1 aromatic carbocycles. The standard InChI is InChI=1S/C15H19NO4/c1-10-8-12(10)13(17)16-15(2,14(18)19)9-20-11-6-4-3-5-7-11/h3-7,10,12H,8-9H2,1-2H3,(H,16,17)(H,18,19). The minimum absolute atomic E-state index is 0.0644. The number of amides is 1. The molecule has 2 rings (SSSR count). The lowest BCUT2D eigenvalue weighted by atomic mass is 10.0. The third-order valence-electron chi connectivity index (χ3n) is 3.59. The molecule has 0 aliphatic heterocycles. The van der Waals surface area contributed by atoms with Crippen molar-refractivity contribution in [3.05, 3.63) is 30.3 Å². The molecule has 1 amide bonds. The number of benzene rings is 1. The Bertz CT molecular complexity index is 502. The summed E-state index contributed by atoms with van der Waals surface area (Å²) in [6.07, 6.45) is 0.821. The maximum Gasteiger partial charge on any atom is 0.332 e. The highest BCUT2D eigenvalue weighted by Gasteiger charge is 2.44. The van der Waals surface area contributed by atoms with Crippen LogP contribution in [0.4, 0.5) is 0 Å². The number of carbonyl (C=O) groups excluding carboxylic acids is 1. The number of rotatable bonds is 6. The maximum atomic E-state index is 11.9. The van der Waals surface area contributed by atoms with Crippen molar-refractivity contribution in [1.82, 2.24) is 5.32 Å². The summed E-state index contributed by atoms with van der Waals surface area (Å²) in [6.45, 7) is 3.32. The van der Waals surface area contributed by atoms with Gasteiger partial charge in [-0.1, -0.05) is 25.1 Å². The SMILES string of the molecule is CC1CC1C(=O)NC(C)(COc1ccccc1)C(=O)O. The van der Waals surface area contributed by atoms with Crippen molar-refractivity contribution in [2.45, 2.75) is 25.8 Å². The fourth-order valence-electron chi connectivity index (χ4n) is 1.95. The molecule has 108 valence electrons. The monoisotopic (exact) mass is 277 g/mol. The van der Waals surface area contributed by atoms with Crippen molar-refractivity contribution >= 4 is 11.9 Å². The minimum atomic E-state index is -1.42. The van der Waals surface area contributed by atoms with Crippen molar-refractivity contribution in [3.63, 3.8) is 0 Å². The van der Waals surface area contributed by atoms with E-state index in [9.17, 15) is 14.7 Å². The van der Waals surface area contributed by atoms with Gasteiger partial charge in [-0.15, -0.1) is 0 Å². The molecule has 1 saturated carbocycles. The van der Waals surface area contributed by atoms with Gasteiger partial charge in [-0.25, -0.2) is 4.79 Å².